The van der Waals surface area contributed by atoms with Crippen molar-refractivity contribution in [2.75, 3.05) is 6.54 Å². The first-order valence-corrected chi connectivity index (χ1v) is 7.53. The Hall–Kier alpha value is -1.28. The Morgan fingerprint density at radius 3 is 2.84 bits per heavy atom. The van der Waals surface area contributed by atoms with E-state index in [-0.39, 0.29) is 0 Å². The molecule has 3 aliphatic carbocycles. The van der Waals surface area contributed by atoms with Crippen molar-refractivity contribution in [1.82, 2.24) is 10.3 Å². The summed E-state index contributed by atoms with van der Waals surface area (Å²) in [6.07, 6.45) is 7.74. The van der Waals surface area contributed by atoms with Gasteiger partial charge in [0.15, 0.2) is 0 Å². The molecule has 0 amide bonds. The van der Waals surface area contributed by atoms with Gasteiger partial charge in [0, 0.05) is 29.7 Å². The fraction of sp³-hybridized carbons (Fsp3) is 0.529. The Labute approximate surface area is 114 Å². The topological polar surface area (TPSA) is 27.8 Å². The van der Waals surface area contributed by atoms with Crippen LogP contribution in [0.5, 0.6) is 0 Å². The van der Waals surface area contributed by atoms with Crippen LogP contribution in [0, 0.1) is 11.3 Å². The third-order valence-electron chi connectivity index (χ3n) is 5.19. The quantitative estimate of drug-likeness (QED) is 0.840. The van der Waals surface area contributed by atoms with Gasteiger partial charge in [-0.1, -0.05) is 18.2 Å². The van der Waals surface area contributed by atoms with Crippen LogP contribution in [0.15, 0.2) is 30.5 Å². The molecule has 2 N–H and O–H groups in total. The van der Waals surface area contributed by atoms with Gasteiger partial charge in [0.1, 0.15) is 0 Å². The molecule has 2 heteroatoms. The highest BCUT2D eigenvalue weighted by Gasteiger charge is 2.55. The van der Waals surface area contributed by atoms with E-state index in [1.807, 2.05) is 0 Å². The Bertz CT molecular complexity index is 581. The molecule has 5 rings (SSSR count). The van der Waals surface area contributed by atoms with E-state index < -0.39 is 0 Å². The number of aromatic nitrogens is 1. The first-order valence-electron chi connectivity index (χ1n) is 7.53. The molecule has 3 fully saturated rings. The second-order valence-corrected chi connectivity index (χ2v) is 6.82. The van der Waals surface area contributed by atoms with Gasteiger partial charge in [-0.15, -0.1) is 0 Å². The first kappa shape index (κ1) is 11.5. The predicted molar refractivity (Wildman–Crippen MR) is 79.2 cm³/mol. The van der Waals surface area contributed by atoms with Crippen LogP contribution < -0.4 is 5.32 Å². The highest BCUT2D eigenvalue weighted by atomic mass is 14.9. The van der Waals surface area contributed by atoms with Crippen molar-refractivity contribution in [1.29, 1.82) is 0 Å². The molecule has 3 aliphatic rings. The van der Waals surface area contributed by atoms with Gasteiger partial charge in [-0.2, -0.15) is 0 Å². The van der Waals surface area contributed by atoms with Gasteiger partial charge < -0.3 is 10.3 Å². The molecule has 0 spiro atoms. The molecular weight excluding hydrogens is 232 g/mol. The highest BCUT2D eigenvalue weighted by molar-refractivity contribution is 5.83. The monoisotopic (exact) mass is 254 g/mol. The number of nitrogens with one attached hydrogen (secondary N) is 2. The van der Waals surface area contributed by atoms with E-state index in [2.05, 4.69) is 47.7 Å². The summed E-state index contributed by atoms with van der Waals surface area (Å²) < 4.78 is 0. The lowest BCUT2D eigenvalue weighted by molar-refractivity contribution is -0.104. The van der Waals surface area contributed by atoms with Crippen LogP contribution in [0.1, 0.15) is 31.7 Å². The molecular formula is C17H22N2. The normalized spacial score (nSPS) is 29.8. The maximum absolute atomic E-state index is 3.75. The molecule has 0 aliphatic heterocycles. The summed E-state index contributed by atoms with van der Waals surface area (Å²) in [5.41, 5.74) is 3.40. The largest absolute Gasteiger partial charge is 0.361 e. The van der Waals surface area contributed by atoms with Crippen LogP contribution >= 0.6 is 0 Å². The number of aromatic amines is 1. The Kier molecular flexibility index (Phi) is 2.49. The summed E-state index contributed by atoms with van der Waals surface area (Å²) in [5.74, 6) is 1.09. The molecule has 2 nitrogen and oxygen atoms in total. The fourth-order valence-electron chi connectivity index (χ4n) is 3.97. The van der Waals surface area contributed by atoms with Crippen LogP contribution in [-0.2, 0) is 6.42 Å². The van der Waals surface area contributed by atoms with Gasteiger partial charge in [0.05, 0.1) is 0 Å². The molecule has 0 radical (unpaired) electrons. The molecule has 1 unspecified atom stereocenters. The minimum atomic E-state index is 0.563. The molecule has 1 aromatic carbocycles. The zero-order valence-electron chi connectivity index (χ0n) is 11.6. The number of H-pyrrole nitrogens is 1. The summed E-state index contributed by atoms with van der Waals surface area (Å²) in [6, 6.07) is 9.15. The standard InChI is InChI=1S/C17H22N2/c1-12(19-11-17-7-13(8-17)9-17)6-14-10-18-16-5-3-2-4-15(14)16/h2-5,10,12-13,18-19H,6-9,11H2,1H3. The Balaban J connectivity index is 1.39. The summed E-state index contributed by atoms with van der Waals surface area (Å²) in [4.78, 5) is 3.37. The summed E-state index contributed by atoms with van der Waals surface area (Å²) >= 11 is 0. The Morgan fingerprint density at radius 2 is 2.11 bits per heavy atom. The third kappa shape index (κ3) is 1.90. The minimum absolute atomic E-state index is 0.563. The van der Waals surface area contributed by atoms with Gasteiger partial charge in [-0.25, -0.2) is 0 Å². The highest BCUT2D eigenvalue weighted by Crippen LogP contribution is 2.63. The number of hydrogen-bond acceptors (Lipinski definition) is 1. The smallest absolute Gasteiger partial charge is 0.0456 e. The Morgan fingerprint density at radius 1 is 1.32 bits per heavy atom. The molecule has 1 heterocycles. The fourth-order valence-corrected chi connectivity index (χ4v) is 3.97. The third-order valence-corrected chi connectivity index (χ3v) is 5.19. The van der Waals surface area contributed by atoms with E-state index in [1.54, 1.807) is 0 Å². The average molecular weight is 254 g/mol. The zero-order chi connectivity index (χ0) is 12.9. The van der Waals surface area contributed by atoms with Gasteiger partial charge in [0.2, 0.25) is 0 Å². The number of fused-ring (bicyclic) bond motifs is 1. The second kappa shape index (κ2) is 4.11. The lowest BCUT2D eigenvalue weighted by Gasteiger charge is -2.62. The molecule has 1 atom stereocenters. The number of rotatable bonds is 5. The molecule has 3 saturated carbocycles. The molecule has 1 aromatic heterocycles. The van der Waals surface area contributed by atoms with Crippen LogP contribution in [0.4, 0.5) is 0 Å². The first-order chi connectivity index (χ1) is 9.24. The maximum atomic E-state index is 3.75. The maximum Gasteiger partial charge on any atom is 0.0456 e. The molecule has 2 bridgehead atoms. The van der Waals surface area contributed by atoms with Crippen molar-refractivity contribution < 1.29 is 0 Å². The average Bonchev–Trinajstić information content (AvgIpc) is 2.69. The number of hydrogen-bond donors (Lipinski definition) is 2. The number of para-hydroxylation sites is 1. The lowest BCUT2D eigenvalue weighted by atomic mass is 9.44. The molecule has 2 aromatic rings. The van der Waals surface area contributed by atoms with Gasteiger partial charge in [0.25, 0.3) is 0 Å². The molecule has 100 valence electrons. The van der Waals surface area contributed by atoms with Crippen molar-refractivity contribution in [2.45, 2.75) is 38.6 Å². The van der Waals surface area contributed by atoms with Crippen LogP contribution in [0.25, 0.3) is 10.9 Å². The number of benzene rings is 1. The van der Waals surface area contributed by atoms with E-state index in [0.717, 1.165) is 12.3 Å². The molecule has 19 heavy (non-hydrogen) atoms. The minimum Gasteiger partial charge on any atom is -0.361 e. The van der Waals surface area contributed by atoms with Crippen LogP contribution in [-0.4, -0.2) is 17.6 Å². The summed E-state index contributed by atoms with van der Waals surface area (Å²) in [5, 5.41) is 5.13. The van der Waals surface area contributed by atoms with Crippen molar-refractivity contribution in [2.24, 2.45) is 11.3 Å². The van der Waals surface area contributed by atoms with Gasteiger partial charge >= 0.3 is 0 Å². The van der Waals surface area contributed by atoms with E-state index in [9.17, 15) is 0 Å². The zero-order valence-corrected chi connectivity index (χ0v) is 11.6. The lowest BCUT2D eigenvalue weighted by Crippen LogP contribution is -2.57. The van der Waals surface area contributed by atoms with Crippen molar-refractivity contribution in [3.05, 3.63) is 36.0 Å². The molecule has 0 saturated heterocycles. The van der Waals surface area contributed by atoms with Crippen molar-refractivity contribution >= 4 is 10.9 Å². The van der Waals surface area contributed by atoms with Crippen molar-refractivity contribution in [3.63, 3.8) is 0 Å². The van der Waals surface area contributed by atoms with Crippen LogP contribution in [0.3, 0.4) is 0 Å². The van der Waals surface area contributed by atoms with Crippen molar-refractivity contribution in [3.8, 4) is 0 Å². The predicted octanol–water partition coefficient (Wildman–Crippen LogP) is 3.49. The summed E-state index contributed by atoms with van der Waals surface area (Å²) in [6.45, 7) is 3.54. The second-order valence-electron chi connectivity index (χ2n) is 6.82. The SMILES string of the molecule is CC(Cc1c[nH]c2ccccc12)NCC12CC(C1)C2. The van der Waals surface area contributed by atoms with Gasteiger partial charge in [-0.05, 0) is 55.6 Å². The van der Waals surface area contributed by atoms with Gasteiger partial charge in [-0.3, -0.25) is 0 Å². The van der Waals surface area contributed by atoms with E-state index in [0.29, 0.717) is 11.5 Å². The van der Waals surface area contributed by atoms with E-state index >= 15 is 0 Å². The van der Waals surface area contributed by atoms with E-state index in [1.165, 1.54) is 42.3 Å². The van der Waals surface area contributed by atoms with Crippen LogP contribution in [0.2, 0.25) is 0 Å². The summed E-state index contributed by atoms with van der Waals surface area (Å²) in [7, 11) is 0. The van der Waals surface area contributed by atoms with E-state index in [4.69, 9.17) is 0 Å².